The molecule has 496 valence electrons. The van der Waals surface area contributed by atoms with Crippen LogP contribution in [0.15, 0.2) is 109 Å². The summed E-state index contributed by atoms with van der Waals surface area (Å²) in [5.41, 5.74) is 0. The van der Waals surface area contributed by atoms with Crippen molar-refractivity contribution in [3.8, 4) is 0 Å². The second-order valence-corrected chi connectivity index (χ2v) is 26.3. The molecule has 2 unspecified atom stereocenters. The molecule has 0 aromatic carbocycles. The fourth-order valence-electron chi connectivity index (χ4n) is 9.85. The zero-order valence-electron chi connectivity index (χ0n) is 56.5. The SMILES string of the molecule is CC/C=C\C/C=C\C/C=C\C/C=C\C/C=C\C/C=C\CCCCCCCCCCCCCCCCCCCCCCC(=O)OC(COC(=O)CCCCCCCCCC/C=C\C/C=C\C/C=C\CCCCCCC)COP(=O)(O)OCC[N+](C)(C)C. The highest BCUT2D eigenvalue weighted by Gasteiger charge is 2.27. The van der Waals surface area contributed by atoms with Crippen LogP contribution in [0.3, 0.4) is 0 Å². The Morgan fingerprint density at radius 3 is 0.988 bits per heavy atom. The maximum absolute atomic E-state index is 12.9. The molecule has 0 amide bonds. The number of likely N-dealkylation sites (N-methyl/N-ethyl adjacent to an activating group) is 1. The van der Waals surface area contributed by atoms with Crippen LogP contribution in [0.2, 0.25) is 0 Å². The summed E-state index contributed by atoms with van der Waals surface area (Å²) in [5.74, 6) is -0.798. The van der Waals surface area contributed by atoms with E-state index in [1.807, 2.05) is 21.1 Å². The van der Waals surface area contributed by atoms with E-state index in [2.05, 4.69) is 123 Å². The molecule has 0 aromatic heterocycles. The van der Waals surface area contributed by atoms with Gasteiger partial charge in [-0.15, -0.1) is 0 Å². The molecule has 0 aliphatic heterocycles. The Bertz CT molecular complexity index is 1820. The summed E-state index contributed by atoms with van der Waals surface area (Å²) in [6.45, 7) is 4.33. The van der Waals surface area contributed by atoms with E-state index in [1.165, 1.54) is 180 Å². The van der Waals surface area contributed by atoms with Crippen LogP contribution in [0, 0.1) is 0 Å². The lowest BCUT2D eigenvalue weighted by Gasteiger charge is -2.24. The normalized spacial score (nSPS) is 13.8. The van der Waals surface area contributed by atoms with Crippen molar-refractivity contribution >= 4 is 19.8 Å². The lowest BCUT2D eigenvalue weighted by molar-refractivity contribution is -0.870. The highest BCUT2D eigenvalue weighted by Crippen LogP contribution is 2.43. The molecule has 0 heterocycles. The number of phosphoric ester groups is 1. The summed E-state index contributed by atoms with van der Waals surface area (Å²) in [5, 5.41) is 0. The van der Waals surface area contributed by atoms with Crippen molar-refractivity contribution < 1.29 is 42.1 Å². The van der Waals surface area contributed by atoms with Crippen molar-refractivity contribution in [3.63, 3.8) is 0 Å². The Balaban J connectivity index is 4.00. The Labute approximate surface area is 531 Å². The highest BCUT2D eigenvalue weighted by molar-refractivity contribution is 7.47. The molecule has 0 radical (unpaired) electrons. The Kier molecular flexibility index (Phi) is 63.5. The first-order valence-corrected chi connectivity index (χ1v) is 37.1. The predicted molar refractivity (Wildman–Crippen MR) is 371 cm³/mol. The number of nitrogens with zero attached hydrogens (tertiary/aromatic N) is 1. The number of allylic oxidation sites excluding steroid dienone is 18. The van der Waals surface area contributed by atoms with Crippen molar-refractivity contribution in [2.75, 3.05) is 47.5 Å². The number of hydrogen-bond acceptors (Lipinski definition) is 7. The van der Waals surface area contributed by atoms with Crippen molar-refractivity contribution in [1.29, 1.82) is 0 Å². The van der Waals surface area contributed by atoms with E-state index in [-0.39, 0.29) is 32.0 Å². The van der Waals surface area contributed by atoms with Crippen molar-refractivity contribution in [2.45, 2.75) is 315 Å². The minimum Gasteiger partial charge on any atom is -0.462 e. The number of unbranched alkanes of at least 4 members (excludes halogenated alkanes) is 33. The molecule has 1 N–H and O–H groups in total. The fraction of sp³-hybridized carbons (Fsp3) is 0.737. The maximum atomic E-state index is 12.9. The van der Waals surface area contributed by atoms with Gasteiger partial charge in [-0.1, -0.05) is 303 Å². The molecule has 10 heteroatoms. The maximum Gasteiger partial charge on any atom is 0.472 e. The van der Waals surface area contributed by atoms with Crippen LogP contribution in [0.1, 0.15) is 309 Å². The van der Waals surface area contributed by atoms with E-state index in [1.54, 1.807) is 0 Å². The minimum absolute atomic E-state index is 0.0280. The summed E-state index contributed by atoms with van der Waals surface area (Å²) in [4.78, 5) is 35.9. The smallest absolute Gasteiger partial charge is 0.462 e. The van der Waals surface area contributed by atoms with Gasteiger partial charge in [0.25, 0.3) is 0 Å². The summed E-state index contributed by atoms with van der Waals surface area (Å²) in [7, 11) is 1.47. The zero-order chi connectivity index (χ0) is 62.6. The quantitative estimate of drug-likeness (QED) is 0.0211. The van der Waals surface area contributed by atoms with Crippen LogP contribution >= 0.6 is 7.82 Å². The number of hydrogen-bond donors (Lipinski definition) is 1. The largest absolute Gasteiger partial charge is 0.472 e. The molecule has 0 bridgehead atoms. The topological polar surface area (TPSA) is 108 Å². The van der Waals surface area contributed by atoms with Gasteiger partial charge in [0.2, 0.25) is 0 Å². The first kappa shape index (κ1) is 82.7. The van der Waals surface area contributed by atoms with Crippen molar-refractivity contribution in [3.05, 3.63) is 109 Å². The monoisotopic (exact) mass is 1220 g/mol. The van der Waals surface area contributed by atoms with Gasteiger partial charge < -0.3 is 18.9 Å². The molecule has 0 fully saturated rings. The average molecular weight is 1220 g/mol. The standard InChI is InChI=1S/C76H134NO8P/c1-6-8-10-12-14-16-18-20-22-24-26-28-30-31-32-33-34-35-36-37-38-39-40-41-42-43-44-45-47-49-51-53-55-57-59-61-63-65-67-69-76(79)85-74(73-84-86(80,81)83-71-70-77(3,4)5)72-82-75(78)68-66-64-62-60-58-56-54-52-50-48-46-29-27-25-23-21-19-17-15-13-11-9-7-2/h8,10,14,16,19-22,25-28,31-32,34-35,46,48,74H,6-7,9,11-13,15,17-18,23-24,29-30,33,36-45,47,49-73H2,1-5H3/p+1/b10-8-,16-14-,21-19-,22-20-,27-25-,28-26-,32-31-,35-34-,48-46-. The lowest BCUT2D eigenvalue weighted by Crippen LogP contribution is -2.37. The molecule has 0 aliphatic carbocycles. The molecule has 86 heavy (non-hydrogen) atoms. The molecule has 9 nitrogen and oxygen atoms in total. The van der Waals surface area contributed by atoms with Crippen LogP contribution in [-0.2, 0) is 32.7 Å². The van der Waals surface area contributed by atoms with Crippen LogP contribution in [-0.4, -0.2) is 74.9 Å². The number of ether oxygens (including phenoxy) is 2. The molecular weight excluding hydrogens is 1090 g/mol. The fourth-order valence-corrected chi connectivity index (χ4v) is 10.6. The number of phosphoric acid groups is 1. The van der Waals surface area contributed by atoms with E-state index in [0.717, 1.165) is 96.3 Å². The van der Waals surface area contributed by atoms with Crippen molar-refractivity contribution in [2.24, 2.45) is 0 Å². The van der Waals surface area contributed by atoms with Gasteiger partial charge in [0.05, 0.1) is 27.7 Å². The first-order chi connectivity index (χ1) is 42.0. The average Bonchev–Trinajstić information content (AvgIpc) is 3.56. The van der Waals surface area contributed by atoms with Gasteiger partial charge in [-0.25, -0.2) is 4.57 Å². The third-order valence-electron chi connectivity index (χ3n) is 15.3. The molecule has 0 aliphatic rings. The predicted octanol–water partition coefficient (Wildman–Crippen LogP) is 23.3. The minimum atomic E-state index is -4.40. The second kappa shape index (κ2) is 66.1. The van der Waals surface area contributed by atoms with Gasteiger partial charge in [-0.05, 0) is 103 Å². The van der Waals surface area contributed by atoms with E-state index in [4.69, 9.17) is 18.5 Å². The summed E-state index contributed by atoms with van der Waals surface area (Å²) >= 11 is 0. The van der Waals surface area contributed by atoms with Gasteiger partial charge >= 0.3 is 19.8 Å². The van der Waals surface area contributed by atoms with Crippen LogP contribution < -0.4 is 0 Å². The molecule has 2 atom stereocenters. The molecule has 0 saturated heterocycles. The van der Waals surface area contributed by atoms with E-state index in [0.29, 0.717) is 17.4 Å². The van der Waals surface area contributed by atoms with Gasteiger partial charge in [0, 0.05) is 12.8 Å². The van der Waals surface area contributed by atoms with Gasteiger partial charge in [-0.3, -0.25) is 18.6 Å². The number of quaternary nitrogens is 1. The summed E-state index contributed by atoms with van der Waals surface area (Å²) in [6.07, 6.45) is 93.4. The number of rotatable bonds is 65. The third-order valence-corrected chi connectivity index (χ3v) is 16.3. The number of esters is 2. The molecular formula is C76H135NO8P+. The molecule has 0 aromatic rings. The van der Waals surface area contributed by atoms with Crippen LogP contribution in [0.4, 0.5) is 0 Å². The van der Waals surface area contributed by atoms with Gasteiger partial charge in [0.1, 0.15) is 19.8 Å². The van der Waals surface area contributed by atoms with E-state index < -0.39 is 26.5 Å². The van der Waals surface area contributed by atoms with Gasteiger partial charge in [0.15, 0.2) is 6.10 Å². The number of carbonyl (C=O) groups is 2. The third kappa shape index (κ3) is 69.8. The van der Waals surface area contributed by atoms with Crippen LogP contribution in [0.25, 0.3) is 0 Å². The zero-order valence-corrected chi connectivity index (χ0v) is 57.4. The molecule has 0 rings (SSSR count). The van der Waals surface area contributed by atoms with E-state index >= 15 is 0 Å². The second-order valence-electron chi connectivity index (χ2n) is 24.9. The van der Waals surface area contributed by atoms with Crippen molar-refractivity contribution in [1.82, 2.24) is 0 Å². The first-order valence-electron chi connectivity index (χ1n) is 35.6. The lowest BCUT2D eigenvalue weighted by atomic mass is 10.0. The van der Waals surface area contributed by atoms with E-state index in [9.17, 15) is 19.0 Å². The van der Waals surface area contributed by atoms with Crippen LogP contribution in [0.5, 0.6) is 0 Å². The molecule has 0 saturated carbocycles. The number of carbonyl (C=O) groups excluding carboxylic acids is 2. The molecule has 0 spiro atoms. The Morgan fingerprint density at radius 1 is 0.372 bits per heavy atom. The highest BCUT2D eigenvalue weighted by atomic mass is 31.2. The Morgan fingerprint density at radius 2 is 0.663 bits per heavy atom. The van der Waals surface area contributed by atoms with Gasteiger partial charge in [-0.2, -0.15) is 0 Å². The summed E-state index contributed by atoms with van der Waals surface area (Å²) < 4.78 is 34.7. The summed E-state index contributed by atoms with van der Waals surface area (Å²) in [6, 6.07) is 0. The Hall–Kier alpha value is -3.33.